The Morgan fingerprint density at radius 2 is 1.77 bits per heavy atom. The van der Waals surface area contributed by atoms with Crippen LogP contribution in [0.1, 0.15) is 41.0 Å². The quantitative estimate of drug-likeness (QED) is 0.607. The Labute approximate surface area is 82.5 Å². The summed E-state index contributed by atoms with van der Waals surface area (Å²) in [6, 6.07) is 0. The van der Waals surface area contributed by atoms with Crippen molar-refractivity contribution in [3.05, 3.63) is 24.3 Å². The standard InChI is InChI=1S/C7H12O.C5H10/c1-4-6(2)5-7(3)8;1-4-5(2)3/h4,6H,1,5H2,2-3H3;4H,1-3H3. The number of allylic oxidation sites excluding steroid dienone is 3. The first kappa shape index (κ1) is 14.7. The van der Waals surface area contributed by atoms with Crippen LogP contribution < -0.4 is 0 Å². The van der Waals surface area contributed by atoms with Crippen molar-refractivity contribution in [2.24, 2.45) is 5.92 Å². The fourth-order valence-electron chi connectivity index (χ4n) is 0.537. The second-order valence-electron chi connectivity index (χ2n) is 3.49. The molecule has 1 heteroatoms. The number of carbonyl (C=O) groups excluding carboxylic acids is 1. The van der Waals surface area contributed by atoms with Crippen LogP contribution in [0.3, 0.4) is 0 Å². The molecule has 0 rings (SSSR count). The lowest BCUT2D eigenvalue weighted by Gasteiger charge is -1.98. The number of carbonyl (C=O) groups is 1. The van der Waals surface area contributed by atoms with E-state index in [9.17, 15) is 4.79 Å². The number of ketones is 1. The summed E-state index contributed by atoms with van der Waals surface area (Å²) in [7, 11) is 0. The summed E-state index contributed by atoms with van der Waals surface area (Å²) in [5.41, 5.74) is 1.38. The van der Waals surface area contributed by atoms with Gasteiger partial charge in [0.1, 0.15) is 5.78 Å². The fraction of sp³-hybridized carbons (Fsp3) is 0.583. The average Bonchev–Trinajstić information content (AvgIpc) is 2.04. The second kappa shape index (κ2) is 9.24. The SMILES string of the molecule is C=CC(C)CC(C)=O.CC=C(C)C. The zero-order valence-corrected chi connectivity index (χ0v) is 9.55. The molecule has 0 aliphatic heterocycles. The summed E-state index contributed by atoms with van der Waals surface area (Å²) in [6.45, 7) is 13.3. The summed E-state index contributed by atoms with van der Waals surface area (Å²) < 4.78 is 0. The average molecular weight is 182 g/mol. The molecule has 0 bridgehead atoms. The van der Waals surface area contributed by atoms with Gasteiger partial charge < -0.3 is 4.79 Å². The molecule has 0 aromatic carbocycles. The highest BCUT2D eigenvalue weighted by molar-refractivity contribution is 5.75. The zero-order valence-electron chi connectivity index (χ0n) is 9.55. The summed E-state index contributed by atoms with van der Waals surface area (Å²) in [4.78, 5) is 10.4. The van der Waals surface area contributed by atoms with Gasteiger partial charge in [-0.25, -0.2) is 0 Å². The summed E-state index contributed by atoms with van der Waals surface area (Å²) in [5, 5.41) is 0. The number of hydrogen-bond donors (Lipinski definition) is 0. The van der Waals surface area contributed by atoms with Gasteiger partial charge in [-0.2, -0.15) is 0 Å². The van der Waals surface area contributed by atoms with Crippen LogP contribution in [0.5, 0.6) is 0 Å². The minimum absolute atomic E-state index is 0.234. The van der Waals surface area contributed by atoms with E-state index < -0.39 is 0 Å². The molecule has 0 saturated carbocycles. The van der Waals surface area contributed by atoms with Gasteiger partial charge in [-0.15, -0.1) is 6.58 Å². The Morgan fingerprint density at radius 3 is 1.85 bits per heavy atom. The topological polar surface area (TPSA) is 17.1 Å². The van der Waals surface area contributed by atoms with Gasteiger partial charge in [0, 0.05) is 6.42 Å². The van der Waals surface area contributed by atoms with Gasteiger partial charge in [0.15, 0.2) is 0 Å². The highest BCUT2D eigenvalue weighted by Gasteiger charge is 1.97. The zero-order chi connectivity index (χ0) is 10.9. The van der Waals surface area contributed by atoms with Gasteiger partial charge in [0.2, 0.25) is 0 Å². The number of hydrogen-bond acceptors (Lipinski definition) is 1. The van der Waals surface area contributed by atoms with E-state index >= 15 is 0 Å². The van der Waals surface area contributed by atoms with Crippen LogP contribution >= 0.6 is 0 Å². The molecule has 13 heavy (non-hydrogen) atoms. The molecule has 0 saturated heterocycles. The van der Waals surface area contributed by atoms with Gasteiger partial charge in [-0.3, -0.25) is 0 Å². The summed E-state index contributed by atoms with van der Waals surface area (Å²) in [6.07, 6.45) is 4.50. The molecule has 0 spiro atoms. The van der Waals surface area contributed by atoms with Crippen LogP contribution in [0, 0.1) is 5.92 Å². The first-order chi connectivity index (χ1) is 5.93. The van der Waals surface area contributed by atoms with Gasteiger partial charge in [0.05, 0.1) is 0 Å². The molecule has 1 nitrogen and oxygen atoms in total. The predicted molar refractivity (Wildman–Crippen MR) is 59.8 cm³/mol. The van der Waals surface area contributed by atoms with Gasteiger partial charge in [-0.05, 0) is 33.6 Å². The summed E-state index contributed by atoms with van der Waals surface area (Å²) in [5.74, 6) is 0.574. The van der Waals surface area contributed by atoms with Gasteiger partial charge >= 0.3 is 0 Å². The van der Waals surface area contributed by atoms with Gasteiger partial charge in [0.25, 0.3) is 0 Å². The molecule has 0 amide bonds. The fourth-order valence-corrected chi connectivity index (χ4v) is 0.537. The molecule has 0 aromatic rings. The van der Waals surface area contributed by atoms with E-state index in [2.05, 4.69) is 26.5 Å². The smallest absolute Gasteiger partial charge is 0.130 e. The molecular weight excluding hydrogens is 160 g/mol. The van der Waals surface area contributed by atoms with Crippen LogP contribution in [-0.2, 0) is 4.79 Å². The minimum atomic E-state index is 0.234. The third-order valence-electron chi connectivity index (χ3n) is 1.59. The highest BCUT2D eigenvalue weighted by atomic mass is 16.1. The third kappa shape index (κ3) is 18.3. The van der Waals surface area contributed by atoms with Crippen molar-refractivity contribution in [3.8, 4) is 0 Å². The Balaban J connectivity index is 0. The van der Waals surface area contributed by atoms with Crippen molar-refractivity contribution in [3.63, 3.8) is 0 Å². The van der Waals surface area contributed by atoms with Crippen molar-refractivity contribution in [1.29, 1.82) is 0 Å². The van der Waals surface area contributed by atoms with Crippen LogP contribution in [0.2, 0.25) is 0 Å². The van der Waals surface area contributed by atoms with Crippen molar-refractivity contribution in [1.82, 2.24) is 0 Å². The largest absolute Gasteiger partial charge is 0.300 e. The van der Waals surface area contributed by atoms with Crippen molar-refractivity contribution >= 4 is 5.78 Å². The normalized spacial score (nSPS) is 10.5. The molecule has 0 aliphatic rings. The Bertz CT molecular complexity index is 174. The van der Waals surface area contributed by atoms with E-state index in [1.165, 1.54) is 5.57 Å². The Kier molecular flexibility index (Phi) is 10.4. The highest BCUT2D eigenvalue weighted by Crippen LogP contribution is 2.01. The maximum absolute atomic E-state index is 10.4. The van der Waals surface area contributed by atoms with E-state index in [1.54, 1.807) is 13.0 Å². The number of rotatable bonds is 3. The molecule has 1 atom stereocenters. The Hall–Kier alpha value is -0.850. The van der Waals surface area contributed by atoms with Crippen molar-refractivity contribution < 1.29 is 4.79 Å². The maximum Gasteiger partial charge on any atom is 0.130 e. The molecule has 0 aliphatic carbocycles. The predicted octanol–water partition coefficient (Wildman–Crippen LogP) is 3.76. The number of Topliss-reactive ketones (excluding diaryl/α,β-unsaturated/α-hetero) is 1. The molecular formula is C12H22O. The van der Waals surface area contributed by atoms with E-state index in [-0.39, 0.29) is 5.78 Å². The molecule has 76 valence electrons. The van der Waals surface area contributed by atoms with Gasteiger partial charge in [-0.1, -0.05) is 24.6 Å². The van der Waals surface area contributed by atoms with E-state index in [0.29, 0.717) is 12.3 Å². The van der Waals surface area contributed by atoms with Crippen LogP contribution in [0.15, 0.2) is 24.3 Å². The molecule has 0 radical (unpaired) electrons. The third-order valence-corrected chi connectivity index (χ3v) is 1.59. The van der Waals surface area contributed by atoms with Crippen LogP contribution in [0.4, 0.5) is 0 Å². The lowest BCUT2D eigenvalue weighted by atomic mass is 10.1. The molecule has 0 N–H and O–H groups in total. The minimum Gasteiger partial charge on any atom is -0.300 e. The maximum atomic E-state index is 10.4. The first-order valence-electron chi connectivity index (χ1n) is 4.65. The Morgan fingerprint density at radius 1 is 1.38 bits per heavy atom. The molecule has 1 unspecified atom stereocenters. The second-order valence-corrected chi connectivity index (χ2v) is 3.49. The summed E-state index contributed by atoms with van der Waals surface area (Å²) >= 11 is 0. The van der Waals surface area contributed by atoms with E-state index in [0.717, 1.165) is 0 Å². The van der Waals surface area contributed by atoms with Crippen molar-refractivity contribution in [2.75, 3.05) is 0 Å². The van der Waals surface area contributed by atoms with Crippen LogP contribution in [0.25, 0.3) is 0 Å². The lowest BCUT2D eigenvalue weighted by Crippen LogP contribution is -1.96. The van der Waals surface area contributed by atoms with Crippen molar-refractivity contribution in [2.45, 2.75) is 41.0 Å². The molecule has 0 fully saturated rings. The molecule has 0 aromatic heterocycles. The first-order valence-corrected chi connectivity index (χ1v) is 4.65. The molecule has 0 heterocycles. The van der Waals surface area contributed by atoms with Crippen LogP contribution in [-0.4, -0.2) is 5.78 Å². The van der Waals surface area contributed by atoms with E-state index in [1.807, 2.05) is 13.8 Å². The van der Waals surface area contributed by atoms with E-state index in [4.69, 9.17) is 0 Å². The lowest BCUT2D eigenvalue weighted by molar-refractivity contribution is -0.117. The monoisotopic (exact) mass is 182 g/mol.